The molecule has 1 unspecified atom stereocenters. The van der Waals surface area contributed by atoms with Gasteiger partial charge < -0.3 is 20.3 Å². The molecule has 0 bridgehead atoms. The van der Waals surface area contributed by atoms with Crippen molar-refractivity contribution in [2.45, 2.75) is 11.2 Å². The van der Waals surface area contributed by atoms with E-state index in [2.05, 4.69) is 0 Å². The Kier molecular flexibility index (Phi) is 4.70. The maximum absolute atomic E-state index is 12.0. The van der Waals surface area contributed by atoms with Crippen LogP contribution in [0.15, 0.2) is 47.4 Å². The molecule has 0 aromatic heterocycles. The largest absolute Gasteiger partial charge is 0.454 e. The topological polar surface area (TPSA) is 98.8 Å². The predicted octanol–water partition coefficient (Wildman–Crippen LogP) is 2.10. The first kappa shape index (κ1) is 16.3. The molecule has 2 aromatic rings. The van der Waals surface area contributed by atoms with E-state index in [1.54, 1.807) is 24.3 Å². The highest BCUT2D eigenvalue weighted by Crippen LogP contribution is 2.37. The molecule has 22 heavy (non-hydrogen) atoms. The normalized spacial score (nSPS) is 12.9. The smallest absolute Gasteiger partial charge is 0.180 e. The molecule has 1 atom stereocenters. The SMILES string of the molecule is COC(O)c1cc(N)c(Oc2ccccc2)c(S(C)(=O)=O)c1. The van der Waals surface area contributed by atoms with Crippen LogP contribution >= 0.6 is 0 Å². The van der Waals surface area contributed by atoms with E-state index >= 15 is 0 Å². The lowest BCUT2D eigenvalue weighted by Gasteiger charge is -2.16. The van der Waals surface area contributed by atoms with E-state index in [1.807, 2.05) is 6.07 Å². The lowest BCUT2D eigenvalue weighted by Crippen LogP contribution is -2.07. The van der Waals surface area contributed by atoms with E-state index in [0.29, 0.717) is 5.75 Å². The van der Waals surface area contributed by atoms with Crippen LogP contribution in [0.25, 0.3) is 0 Å². The second kappa shape index (κ2) is 6.35. The van der Waals surface area contributed by atoms with Gasteiger partial charge in [-0.25, -0.2) is 8.42 Å². The van der Waals surface area contributed by atoms with Gasteiger partial charge in [0, 0.05) is 18.9 Å². The van der Waals surface area contributed by atoms with Crippen molar-refractivity contribution >= 4 is 15.5 Å². The number of aliphatic hydroxyl groups is 1. The average molecular weight is 323 g/mol. The van der Waals surface area contributed by atoms with E-state index < -0.39 is 16.1 Å². The molecule has 0 fully saturated rings. The molecule has 0 saturated carbocycles. The van der Waals surface area contributed by atoms with Gasteiger partial charge in [0.2, 0.25) is 0 Å². The summed E-state index contributed by atoms with van der Waals surface area (Å²) < 4.78 is 34.4. The first-order valence-corrected chi connectivity index (χ1v) is 8.29. The number of nitrogen functional groups attached to an aromatic ring is 1. The third-order valence-electron chi connectivity index (χ3n) is 2.98. The first-order chi connectivity index (χ1) is 10.3. The molecule has 2 aromatic carbocycles. The Hall–Kier alpha value is -2.09. The molecule has 3 N–H and O–H groups in total. The molecular formula is C15H17NO5S. The highest BCUT2D eigenvalue weighted by atomic mass is 32.2. The van der Waals surface area contributed by atoms with Gasteiger partial charge in [-0.15, -0.1) is 0 Å². The van der Waals surface area contributed by atoms with Gasteiger partial charge >= 0.3 is 0 Å². The van der Waals surface area contributed by atoms with Crippen LogP contribution in [0.5, 0.6) is 11.5 Å². The van der Waals surface area contributed by atoms with Crippen LogP contribution < -0.4 is 10.5 Å². The summed E-state index contributed by atoms with van der Waals surface area (Å²) in [5, 5.41) is 9.71. The fraction of sp³-hybridized carbons (Fsp3) is 0.200. The Bertz CT molecular complexity index is 759. The van der Waals surface area contributed by atoms with E-state index in [0.717, 1.165) is 6.26 Å². The summed E-state index contributed by atoms with van der Waals surface area (Å²) in [4.78, 5) is -0.109. The highest BCUT2D eigenvalue weighted by Gasteiger charge is 2.21. The fourth-order valence-electron chi connectivity index (χ4n) is 1.92. The quantitative estimate of drug-likeness (QED) is 0.646. The number of benzene rings is 2. The molecule has 0 aliphatic carbocycles. The van der Waals surface area contributed by atoms with Crippen LogP contribution in [0.1, 0.15) is 11.9 Å². The summed E-state index contributed by atoms with van der Waals surface area (Å²) in [5.41, 5.74) is 6.24. The molecule has 0 heterocycles. The zero-order chi connectivity index (χ0) is 16.3. The van der Waals surface area contributed by atoms with E-state index in [1.165, 1.54) is 19.2 Å². The van der Waals surface area contributed by atoms with Crippen molar-refractivity contribution in [3.8, 4) is 11.5 Å². The van der Waals surface area contributed by atoms with Crippen LogP contribution in [0, 0.1) is 0 Å². The van der Waals surface area contributed by atoms with Crippen LogP contribution in [-0.4, -0.2) is 26.9 Å². The van der Waals surface area contributed by atoms with Crippen molar-refractivity contribution in [1.29, 1.82) is 0 Å². The molecule has 0 saturated heterocycles. The number of sulfone groups is 1. The monoisotopic (exact) mass is 323 g/mol. The molecule has 0 aliphatic rings. The Labute approximate surface area is 129 Å². The maximum atomic E-state index is 12.0. The van der Waals surface area contributed by atoms with Gasteiger partial charge in [0.05, 0.1) is 5.69 Å². The minimum absolute atomic E-state index is 0.0285. The van der Waals surface area contributed by atoms with Crippen LogP contribution in [0.2, 0.25) is 0 Å². The Balaban J connectivity index is 2.57. The summed E-state index contributed by atoms with van der Waals surface area (Å²) in [7, 11) is -2.31. The molecule has 0 aliphatic heterocycles. The molecule has 0 amide bonds. The first-order valence-electron chi connectivity index (χ1n) is 6.40. The number of nitrogens with two attached hydrogens (primary N) is 1. The Morgan fingerprint density at radius 3 is 2.36 bits per heavy atom. The molecule has 118 valence electrons. The number of hydrogen-bond acceptors (Lipinski definition) is 6. The van der Waals surface area contributed by atoms with Gasteiger partial charge in [-0.3, -0.25) is 0 Å². The third kappa shape index (κ3) is 3.56. The Morgan fingerprint density at radius 2 is 1.82 bits per heavy atom. The number of ether oxygens (including phenoxy) is 2. The summed E-state index contributed by atoms with van der Waals surface area (Å²) in [6.45, 7) is 0. The van der Waals surface area contributed by atoms with Gasteiger partial charge in [-0.1, -0.05) is 18.2 Å². The zero-order valence-corrected chi connectivity index (χ0v) is 13.0. The second-order valence-corrected chi connectivity index (χ2v) is 6.70. The fourth-order valence-corrected chi connectivity index (χ4v) is 2.76. The number of hydrogen-bond donors (Lipinski definition) is 2. The van der Waals surface area contributed by atoms with Gasteiger partial charge in [-0.05, 0) is 24.3 Å². The number of rotatable bonds is 5. The summed E-state index contributed by atoms with van der Waals surface area (Å²) >= 11 is 0. The van der Waals surface area contributed by atoms with Crippen molar-refractivity contribution in [3.05, 3.63) is 48.0 Å². The van der Waals surface area contributed by atoms with Gasteiger partial charge in [-0.2, -0.15) is 0 Å². The summed E-state index contributed by atoms with van der Waals surface area (Å²) in [6, 6.07) is 11.4. The molecule has 2 rings (SSSR count). The van der Waals surface area contributed by atoms with Crippen molar-refractivity contribution in [2.24, 2.45) is 0 Å². The Morgan fingerprint density at radius 1 is 1.18 bits per heavy atom. The number of methoxy groups -OCH3 is 1. The third-order valence-corrected chi connectivity index (χ3v) is 4.08. The van der Waals surface area contributed by atoms with Crippen molar-refractivity contribution in [3.63, 3.8) is 0 Å². The predicted molar refractivity (Wildman–Crippen MR) is 82.4 cm³/mol. The number of anilines is 1. The molecule has 0 spiro atoms. The second-order valence-electron chi connectivity index (χ2n) is 4.71. The molecule has 0 radical (unpaired) electrons. The summed E-state index contributed by atoms with van der Waals surface area (Å²) in [5.74, 6) is 0.486. The highest BCUT2D eigenvalue weighted by molar-refractivity contribution is 7.90. The lowest BCUT2D eigenvalue weighted by atomic mass is 10.2. The lowest BCUT2D eigenvalue weighted by molar-refractivity contribution is -0.0770. The standard InChI is InChI=1S/C15H17NO5S/c1-20-15(17)10-8-12(16)14(13(9-10)22(2,18)19)21-11-6-4-3-5-7-11/h3-9,15,17H,16H2,1-2H3. The molecular weight excluding hydrogens is 306 g/mol. The van der Waals surface area contributed by atoms with Crippen molar-refractivity contribution in [2.75, 3.05) is 19.1 Å². The number of para-hydroxylation sites is 1. The minimum atomic E-state index is -3.61. The zero-order valence-electron chi connectivity index (χ0n) is 12.2. The maximum Gasteiger partial charge on any atom is 0.180 e. The summed E-state index contributed by atoms with van der Waals surface area (Å²) in [6.07, 6.45) is -0.226. The van der Waals surface area contributed by atoms with Crippen LogP contribution in [-0.2, 0) is 14.6 Å². The molecule has 7 heteroatoms. The van der Waals surface area contributed by atoms with E-state index in [4.69, 9.17) is 15.2 Å². The minimum Gasteiger partial charge on any atom is -0.454 e. The van der Waals surface area contributed by atoms with Crippen LogP contribution in [0.3, 0.4) is 0 Å². The average Bonchev–Trinajstić information content (AvgIpc) is 2.48. The number of aliphatic hydroxyl groups excluding tert-OH is 1. The van der Waals surface area contributed by atoms with E-state index in [-0.39, 0.29) is 21.9 Å². The van der Waals surface area contributed by atoms with Gasteiger partial charge in [0.15, 0.2) is 21.9 Å². The van der Waals surface area contributed by atoms with Gasteiger partial charge in [0.25, 0.3) is 0 Å². The van der Waals surface area contributed by atoms with Gasteiger partial charge in [0.1, 0.15) is 10.6 Å². The molecule has 6 nitrogen and oxygen atoms in total. The van der Waals surface area contributed by atoms with Crippen molar-refractivity contribution in [1.82, 2.24) is 0 Å². The van der Waals surface area contributed by atoms with E-state index in [9.17, 15) is 13.5 Å². The van der Waals surface area contributed by atoms with Crippen molar-refractivity contribution < 1.29 is 23.0 Å². The van der Waals surface area contributed by atoms with Crippen LogP contribution in [0.4, 0.5) is 5.69 Å².